The van der Waals surface area contributed by atoms with Crippen molar-refractivity contribution in [2.75, 3.05) is 18.4 Å². The van der Waals surface area contributed by atoms with E-state index >= 15 is 0 Å². The number of ether oxygens (including phenoxy) is 1. The van der Waals surface area contributed by atoms with Crippen LogP contribution in [0, 0.1) is 5.82 Å². The zero-order valence-electron chi connectivity index (χ0n) is 12.5. The lowest BCUT2D eigenvalue weighted by Crippen LogP contribution is -2.46. The molecule has 0 radical (unpaired) electrons. The highest BCUT2D eigenvalue weighted by Crippen LogP contribution is 2.17. The number of nitrogens with zero attached hydrogens (tertiary/aromatic N) is 3. The molecule has 1 aromatic carbocycles. The van der Waals surface area contributed by atoms with Crippen LogP contribution in [0.4, 0.5) is 14.9 Å². The molecule has 1 aliphatic heterocycles. The van der Waals surface area contributed by atoms with Gasteiger partial charge in [-0.1, -0.05) is 0 Å². The topological polar surface area (TPSA) is 67.4 Å². The highest BCUT2D eigenvalue weighted by molar-refractivity contribution is 5.89. The van der Waals surface area contributed by atoms with Crippen molar-refractivity contribution < 1.29 is 13.9 Å². The number of anilines is 1. The molecule has 1 fully saturated rings. The minimum atomic E-state index is -0.335. The van der Waals surface area contributed by atoms with Crippen LogP contribution in [-0.4, -0.2) is 40.1 Å². The standard InChI is InChI=1S/C16H17FN4O2/c17-12-3-5-13(6-4-12)20-16(22)21-9-1-2-14(11-21)23-15-10-18-7-8-19-15/h3-8,10,14H,1-2,9,11H2,(H,20,22). The Balaban J connectivity index is 1.57. The molecular weight excluding hydrogens is 299 g/mol. The summed E-state index contributed by atoms with van der Waals surface area (Å²) in [6.45, 7) is 1.14. The van der Waals surface area contributed by atoms with E-state index in [1.807, 2.05) is 0 Å². The summed E-state index contributed by atoms with van der Waals surface area (Å²) >= 11 is 0. The highest BCUT2D eigenvalue weighted by Gasteiger charge is 2.25. The summed E-state index contributed by atoms with van der Waals surface area (Å²) in [6.07, 6.45) is 6.29. The molecule has 7 heteroatoms. The molecule has 1 aromatic heterocycles. The lowest BCUT2D eigenvalue weighted by molar-refractivity contribution is 0.102. The molecule has 0 bridgehead atoms. The Morgan fingerprint density at radius 2 is 2.13 bits per heavy atom. The Morgan fingerprint density at radius 3 is 2.87 bits per heavy atom. The molecule has 1 atom stereocenters. The second-order valence-corrected chi connectivity index (χ2v) is 5.31. The van der Waals surface area contributed by atoms with Gasteiger partial charge in [0.1, 0.15) is 11.9 Å². The van der Waals surface area contributed by atoms with Gasteiger partial charge in [-0.15, -0.1) is 0 Å². The maximum Gasteiger partial charge on any atom is 0.321 e. The lowest BCUT2D eigenvalue weighted by Gasteiger charge is -2.32. The van der Waals surface area contributed by atoms with Crippen molar-refractivity contribution in [3.63, 3.8) is 0 Å². The molecule has 2 heterocycles. The molecule has 0 spiro atoms. The molecule has 2 aromatic rings. The van der Waals surface area contributed by atoms with E-state index in [4.69, 9.17) is 4.74 Å². The molecule has 0 aliphatic carbocycles. The third-order valence-electron chi connectivity index (χ3n) is 3.59. The second-order valence-electron chi connectivity index (χ2n) is 5.31. The van der Waals surface area contributed by atoms with Crippen LogP contribution < -0.4 is 10.1 Å². The number of piperidine rings is 1. The van der Waals surface area contributed by atoms with Crippen LogP contribution in [0.25, 0.3) is 0 Å². The van der Waals surface area contributed by atoms with Gasteiger partial charge < -0.3 is 15.0 Å². The van der Waals surface area contributed by atoms with Crippen molar-refractivity contribution in [3.05, 3.63) is 48.7 Å². The maximum atomic E-state index is 12.9. The van der Waals surface area contributed by atoms with Crippen molar-refractivity contribution in [2.24, 2.45) is 0 Å². The fourth-order valence-electron chi connectivity index (χ4n) is 2.47. The van der Waals surface area contributed by atoms with E-state index in [-0.39, 0.29) is 18.0 Å². The van der Waals surface area contributed by atoms with Crippen molar-refractivity contribution in [3.8, 4) is 5.88 Å². The van der Waals surface area contributed by atoms with Gasteiger partial charge in [-0.2, -0.15) is 0 Å². The molecule has 1 N–H and O–H groups in total. The van der Waals surface area contributed by atoms with Gasteiger partial charge in [0.2, 0.25) is 5.88 Å². The van der Waals surface area contributed by atoms with Crippen LogP contribution in [0.3, 0.4) is 0 Å². The Labute approximate surface area is 133 Å². The molecule has 0 saturated carbocycles. The van der Waals surface area contributed by atoms with E-state index in [2.05, 4.69) is 15.3 Å². The highest BCUT2D eigenvalue weighted by atomic mass is 19.1. The number of carbonyl (C=O) groups excluding carboxylic acids is 1. The molecular formula is C16H17FN4O2. The third-order valence-corrected chi connectivity index (χ3v) is 3.59. The second kappa shape index (κ2) is 7.04. The van der Waals surface area contributed by atoms with Crippen LogP contribution in [0.1, 0.15) is 12.8 Å². The third kappa shape index (κ3) is 4.15. The van der Waals surface area contributed by atoms with Crippen LogP contribution >= 0.6 is 0 Å². The number of halogens is 1. The first-order chi connectivity index (χ1) is 11.2. The molecule has 2 amide bonds. The van der Waals surface area contributed by atoms with Crippen molar-refractivity contribution in [1.82, 2.24) is 14.9 Å². The van der Waals surface area contributed by atoms with E-state index in [0.29, 0.717) is 24.7 Å². The summed E-state index contributed by atoms with van der Waals surface area (Å²) in [5, 5.41) is 2.76. The van der Waals surface area contributed by atoms with Gasteiger partial charge >= 0.3 is 6.03 Å². The zero-order valence-corrected chi connectivity index (χ0v) is 12.5. The smallest absolute Gasteiger partial charge is 0.321 e. The first kappa shape index (κ1) is 15.2. The number of nitrogens with one attached hydrogen (secondary N) is 1. The predicted molar refractivity (Wildman–Crippen MR) is 82.7 cm³/mol. The fourth-order valence-corrected chi connectivity index (χ4v) is 2.47. The van der Waals surface area contributed by atoms with E-state index < -0.39 is 0 Å². The molecule has 1 saturated heterocycles. The number of amides is 2. The molecule has 1 aliphatic rings. The summed E-state index contributed by atoms with van der Waals surface area (Å²) in [5.74, 6) is 0.122. The summed E-state index contributed by atoms with van der Waals surface area (Å²) in [7, 11) is 0. The Kier molecular flexibility index (Phi) is 4.65. The number of aromatic nitrogens is 2. The summed E-state index contributed by atoms with van der Waals surface area (Å²) in [4.78, 5) is 22.0. The quantitative estimate of drug-likeness (QED) is 0.945. The predicted octanol–water partition coefficient (Wildman–Crippen LogP) is 2.69. The molecule has 6 nitrogen and oxygen atoms in total. The Morgan fingerprint density at radius 1 is 1.30 bits per heavy atom. The van der Waals surface area contributed by atoms with Gasteiger partial charge in [-0.3, -0.25) is 4.98 Å². The molecule has 1 unspecified atom stereocenters. The van der Waals surface area contributed by atoms with E-state index in [1.165, 1.54) is 24.3 Å². The van der Waals surface area contributed by atoms with Crippen LogP contribution in [0.5, 0.6) is 5.88 Å². The number of urea groups is 1. The van der Waals surface area contributed by atoms with Crippen molar-refractivity contribution in [1.29, 1.82) is 0 Å². The maximum absolute atomic E-state index is 12.9. The number of likely N-dealkylation sites (tertiary alicyclic amines) is 1. The van der Waals surface area contributed by atoms with Crippen LogP contribution in [0.2, 0.25) is 0 Å². The van der Waals surface area contributed by atoms with Crippen molar-refractivity contribution in [2.45, 2.75) is 18.9 Å². The van der Waals surface area contributed by atoms with E-state index in [0.717, 1.165) is 12.8 Å². The average Bonchev–Trinajstić information content (AvgIpc) is 2.58. The van der Waals surface area contributed by atoms with Gasteiger partial charge in [0, 0.05) is 24.6 Å². The monoisotopic (exact) mass is 316 g/mol. The number of carbonyl (C=O) groups is 1. The first-order valence-electron chi connectivity index (χ1n) is 7.45. The van der Waals surface area contributed by atoms with Gasteiger partial charge in [0.25, 0.3) is 0 Å². The summed E-state index contributed by atoms with van der Waals surface area (Å²) < 4.78 is 18.6. The van der Waals surface area contributed by atoms with Gasteiger partial charge in [0.05, 0.1) is 12.7 Å². The minimum Gasteiger partial charge on any atom is -0.471 e. The zero-order chi connectivity index (χ0) is 16.1. The fraction of sp³-hybridized carbons (Fsp3) is 0.312. The van der Waals surface area contributed by atoms with Gasteiger partial charge in [-0.05, 0) is 37.1 Å². The van der Waals surface area contributed by atoms with Crippen LogP contribution in [-0.2, 0) is 0 Å². The average molecular weight is 316 g/mol. The minimum absolute atomic E-state index is 0.112. The largest absolute Gasteiger partial charge is 0.471 e. The van der Waals surface area contributed by atoms with Crippen LogP contribution in [0.15, 0.2) is 42.9 Å². The van der Waals surface area contributed by atoms with Crippen molar-refractivity contribution >= 4 is 11.7 Å². The number of hydrogen-bond acceptors (Lipinski definition) is 4. The van der Waals surface area contributed by atoms with Gasteiger partial charge in [0.15, 0.2) is 0 Å². The SMILES string of the molecule is O=C(Nc1ccc(F)cc1)N1CCCC(Oc2cnccn2)C1. The van der Waals surface area contributed by atoms with Gasteiger partial charge in [-0.25, -0.2) is 14.2 Å². The number of rotatable bonds is 3. The number of benzene rings is 1. The number of hydrogen-bond donors (Lipinski definition) is 1. The molecule has 3 rings (SSSR count). The summed E-state index contributed by atoms with van der Waals surface area (Å²) in [6, 6.07) is 5.47. The van der Waals surface area contributed by atoms with E-state index in [9.17, 15) is 9.18 Å². The Bertz CT molecular complexity index is 651. The Hall–Kier alpha value is -2.70. The lowest BCUT2D eigenvalue weighted by atomic mass is 10.1. The first-order valence-corrected chi connectivity index (χ1v) is 7.45. The molecule has 120 valence electrons. The summed E-state index contributed by atoms with van der Waals surface area (Å²) in [5.41, 5.74) is 0.563. The molecule has 23 heavy (non-hydrogen) atoms. The van der Waals surface area contributed by atoms with E-state index in [1.54, 1.807) is 23.5 Å². The normalized spacial score (nSPS) is 17.6.